The average molecular weight is 319 g/mol. The van der Waals surface area contributed by atoms with Crippen LogP contribution in [-0.2, 0) is 11.3 Å². The predicted octanol–water partition coefficient (Wildman–Crippen LogP) is 1.37. The molecule has 1 aromatic rings. The molecule has 0 atom stereocenters. The highest BCUT2D eigenvalue weighted by Crippen LogP contribution is 2.33. The molecule has 23 heavy (non-hydrogen) atoms. The Kier molecular flexibility index (Phi) is 5.20. The first-order chi connectivity index (χ1) is 10.9. The molecule has 0 unspecified atom stereocenters. The first-order valence-corrected chi connectivity index (χ1v) is 7.57. The molecule has 0 spiro atoms. The van der Waals surface area contributed by atoms with Crippen molar-refractivity contribution in [3.8, 4) is 0 Å². The molecular formula is C16H21N3O4. The number of hydrogen-bond donors (Lipinski definition) is 4. The predicted molar refractivity (Wildman–Crippen MR) is 83.8 cm³/mol. The third-order valence-corrected chi connectivity index (χ3v) is 4.11. The van der Waals surface area contributed by atoms with Crippen LogP contribution in [0, 0.1) is 0 Å². The van der Waals surface area contributed by atoms with Crippen molar-refractivity contribution in [3.05, 3.63) is 35.4 Å². The molecule has 1 aliphatic rings. The highest BCUT2D eigenvalue weighted by Gasteiger charge is 2.37. The van der Waals surface area contributed by atoms with Gasteiger partial charge in [-0.2, -0.15) is 0 Å². The Bertz CT molecular complexity index is 592. The van der Waals surface area contributed by atoms with E-state index in [4.69, 9.17) is 10.8 Å². The van der Waals surface area contributed by atoms with Gasteiger partial charge in [0.25, 0.3) is 5.91 Å². The van der Waals surface area contributed by atoms with Gasteiger partial charge in [-0.1, -0.05) is 25.0 Å². The molecule has 3 amide bonds. The number of carboxylic acid groups (broad SMARTS) is 1. The largest absolute Gasteiger partial charge is 0.481 e. The number of nitrogens with one attached hydrogen (secondary N) is 2. The Morgan fingerprint density at radius 2 is 1.74 bits per heavy atom. The minimum Gasteiger partial charge on any atom is -0.481 e. The van der Waals surface area contributed by atoms with Gasteiger partial charge in [0.15, 0.2) is 0 Å². The maximum atomic E-state index is 12.4. The Hall–Kier alpha value is -2.57. The lowest BCUT2D eigenvalue weighted by Crippen LogP contribution is -2.47. The number of rotatable bonds is 6. The molecule has 1 fully saturated rings. The molecule has 0 aromatic heterocycles. The lowest BCUT2D eigenvalue weighted by atomic mass is 9.92. The molecule has 7 nitrogen and oxygen atoms in total. The molecule has 0 saturated heterocycles. The lowest BCUT2D eigenvalue weighted by Gasteiger charge is -2.28. The Morgan fingerprint density at radius 1 is 1.13 bits per heavy atom. The van der Waals surface area contributed by atoms with Crippen LogP contribution >= 0.6 is 0 Å². The number of aliphatic carboxylic acids is 1. The summed E-state index contributed by atoms with van der Waals surface area (Å²) in [5.74, 6) is -1.18. The number of benzene rings is 1. The van der Waals surface area contributed by atoms with Crippen molar-refractivity contribution >= 4 is 17.9 Å². The van der Waals surface area contributed by atoms with E-state index in [0.717, 1.165) is 18.4 Å². The summed E-state index contributed by atoms with van der Waals surface area (Å²) in [5.41, 5.74) is 5.64. The van der Waals surface area contributed by atoms with Gasteiger partial charge in [0.1, 0.15) is 0 Å². The number of hydrogen-bond acceptors (Lipinski definition) is 3. The maximum Gasteiger partial charge on any atom is 0.312 e. The van der Waals surface area contributed by atoms with E-state index in [1.54, 1.807) is 24.3 Å². The zero-order valence-electron chi connectivity index (χ0n) is 12.8. The fourth-order valence-electron chi connectivity index (χ4n) is 2.96. The lowest BCUT2D eigenvalue weighted by molar-refractivity contribution is -0.138. The van der Waals surface area contributed by atoms with Crippen molar-refractivity contribution in [2.45, 2.75) is 44.2 Å². The number of carboxylic acids is 1. The molecule has 0 radical (unpaired) electrons. The summed E-state index contributed by atoms with van der Waals surface area (Å²) in [6, 6.07) is 6.14. The molecule has 1 aliphatic carbocycles. The van der Waals surface area contributed by atoms with Crippen molar-refractivity contribution in [1.82, 2.24) is 10.6 Å². The maximum absolute atomic E-state index is 12.4. The molecule has 2 rings (SSSR count). The number of carbonyl (C=O) groups is 3. The topological polar surface area (TPSA) is 122 Å². The van der Waals surface area contributed by atoms with Crippen molar-refractivity contribution in [2.75, 3.05) is 0 Å². The highest BCUT2D eigenvalue weighted by atomic mass is 16.4. The molecule has 0 aliphatic heterocycles. The van der Waals surface area contributed by atoms with Gasteiger partial charge in [-0.15, -0.1) is 0 Å². The summed E-state index contributed by atoms with van der Waals surface area (Å²) in [5, 5.41) is 14.4. The van der Waals surface area contributed by atoms with Gasteiger partial charge in [-0.05, 0) is 30.5 Å². The van der Waals surface area contributed by atoms with Gasteiger partial charge in [0.05, 0.1) is 12.0 Å². The first-order valence-electron chi connectivity index (χ1n) is 7.57. The quantitative estimate of drug-likeness (QED) is 0.632. The molecule has 0 bridgehead atoms. The molecule has 124 valence electrons. The fraction of sp³-hybridized carbons (Fsp3) is 0.438. The van der Waals surface area contributed by atoms with E-state index in [9.17, 15) is 14.4 Å². The van der Waals surface area contributed by atoms with E-state index in [2.05, 4.69) is 10.6 Å². The monoisotopic (exact) mass is 319 g/mol. The van der Waals surface area contributed by atoms with Crippen LogP contribution in [0.5, 0.6) is 0 Å². The molecule has 1 saturated carbocycles. The highest BCUT2D eigenvalue weighted by molar-refractivity contribution is 5.95. The smallest absolute Gasteiger partial charge is 0.312 e. The summed E-state index contributed by atoms with van der Waals surface area (Å²) < 4.78 is 0. The second-order valence-corrected chi connectivity index (χ2v) is 5.93. The normalized spacial score (nSPS) is 15.8. The molecule has 1 aromatic carbocycles. The summed E-state index contributed by atoms with van der Waals surface area (Å²) in [6.07, 6.45) is 3.16. The van der Waals surface area contributed by atoms with Gasteiger partial charge in [0, 0.05) is 12.1 Å². The Balaban J connectivity index is 2.01. The van der Waals surface area contributed by atoms with Crippen molar-refractivity contribution in [1.29, 1.82) is 0 Å². The van der Waals surface area contributed by atoms with E-state index in [1.807, 2.05) is 0 Å². The van der Waals surface area contributed by atoms with Crippen LogP contribution in [0.15, 0.2) is 24.3 Å². The Labute approximate surface area is 134 Å². The van der Waals surface area contributed by atoms with Crippen LogP contribution in [0.1, 0.15) is 48.0 Å². The second-order valence-electron chi connectivity index (χ2n) is 5.93. The second kappa shape index (κ2) is 7.13. The minimum atomic E-state index is -0.903. The first kappa shape index (κ1) is 16.8. The SMILES string of the molecule is NC(=O)NCc1ccc(C(=O)NC2(CC(=O)O)CCCC2)cc1. The number of urea groups is 1. The number of primary amides is 1. The molecule has 7 heteroatoms. The van der Waals surface area contributed by atoms with E-state index in [1.165, 1.54) is 0 Å². The van der Waals surface area contributed by atoms with Crippen LogP contribution in [0.4, 0.5) is 4.79 Å². The Morgan fingerprint density at radius 3 is 2.26 bits per heavy atom. The number of carbonyl (C=O) groups excluding carboxylic acids is 2. The van der Waals surface area contributed by atoms with Crippen molar-refractivity contribution in [2.24, 2.45) is 5.73 Å². The molecule has 5 N–H and O–H groups in total. The van der Waals surface area contributed by atoms with Crippen LogP contribution in [-0.4, -0.2) is 28.6 Å². The van der Waals surface area contributed by atoms with Crippen LogP contribution in [0.25, 0.3) is 0 Å². The molecule has 0 heterocycles. The van der Waals surface area contributed by atoms with E-state index in [-0.39, 0.29) is 12.3 Å². The van der Waals surface area contributed by atoms with Crippen LogP contribution in [0.3, 0.4) is 0 Å². The zero-order chi connectivity index (χ0) is 16.9. The standard InChI is InChI=1S/C16H21N3O4/c17-15(23)18-10-11-3-5-12(6-4-11)14(22)19-16(9-13(20)21)7-1-2-8-16/h3-6H,1-2,7-10H2,(H,19,22)(H,20,21)(H3,17,18,23). The van der Waals surface area contributed by atoms with Gasteiger partial charge < -0.3 is 21.5 Å². The van der Waals surface area contributed by atoms with Gasteiger partial charge in [-0.25, -0.2) is 4.79 Å². The van der Waals surface area contributed by atoms with E-state index >= 15 is 0 Å². The summed E-state index contributed by atoms with van der Waals surface area (Å²) in [4.78, 5) is 34.1. The van der Waals surface area contributed by atoms with E-state index in [0.29, 0.717) is 24.9 Å². The van der Waals surface area contributed by atoms with Crippen molar-refractivity contribution in [3.63, 3.8) is 0 Å². The van der Waals surface area contributed by atoms with Gasteiger partial charge >= 0.3 is 12.0 Å². The zero-order valence-corrected chi connectivity index (χ0v) is 12.8. The third kappa shape index (κ3) is 4.70. The van der Waals surface area contributed by atoms with Gasteiger partial charge in [0.2, 0.25) is 0 Å². The van der Waals surface area contributed by atoms with Gasteiger partial charge in [-0.3, -0.25) is 9.59 Å². The minimum absolute atomic E-state index is 0.0562. The summed E-state index contributed by atoms with van der Waals surface area (Å²) in [6.45, 7) is 0.292. The molecular weight excluding hydrogens is 298 g/mol. The van der Waals surface area contributed by atoms with Crippen LogP contribution in [0.2, 0.25) is 0 Å². The number of amides is 3. The summed E-state index contributed by atoms with van der Waals surface area (Å²) >= 11 is 0. The van der Waals surface area contributed by atoms with Crippen molar-refractivity contribution < 1.29 is 19.5 Å². The third-order valence-electron chi connectivity index (χ3n) is 4.11. The van der Waals surface area contributed by atoms with Crippen LogP contribution < -0.4 is 16.4 Å². The fourth-order valence-corrected chi connectivity index (χ4v) is 2.96. The number of nitrogens with two attached hydrogens (primary N) is 1. The average Bonchev–Trinajstić information content (AvgIpc) is 2.92. The van der Waals surface area contributed by atoms with E-state index < -0.39 is 17.5 Å². The summed E-state index contributed by atoms with van der Waals surface area (Å²) in [7, 11) is 0.